The quantitative estimate of drug-likeness (QED) is 0.896. The van der Waals surface area contributed by atoms with Crippen molar-refractivity contribution in [3.63, 3.8) is 0 Å². The smallest absolute Gasteiger partial charge is 0.224 e. The van der Waals surface area contributed by atoms with E-state index in [-0.39, 0.29) is 18.3 Å². The molecule has 0 radical (unpaired) electrons. The highest BCUT2D eigenvalue weighted by molar-refractivity contribution is 5.91. The van der Waals surface area contributed by atoms with Crippen molar-refractivity contribution in [2.75, 3.05) is 5.32 Å². The minimum atomic E-state index is 0. The van der Waals surface area contributed by atoms with Gasteiger partial charge in [0.25, 0.3) is 0 Å². The number of anilines is 1. The highest BCUT2D eigenvalue weighted by atomic mass is 35.5. The van der Waals surface area contributed by atoms with Crippen LogP contribution in [-0.4, -0.2) is 18.0 Å². The minimum Gasteiger partial charge on any atom is -0.326 e. The molecule has 2 saturated heterocycles. The predicted octanol–water partition coefficient (Wildman–Crippen LogP) is 3.58. The third-order valence-electron chi connectivity index (χ3n) is 4.55. The van der Waals surface area contributed by atoms with E-state index in [1.54, 1.807) is 0 Å². The van der Waals surface area contributed by atoms with E-state index < -0.39 is 0 Å². The zero-order chi connectivity index (χ0) is 14.1. The summed E-state index contributed by atoms with van der Waals surface area (Å²) in [6, 6.07) is 7.52. The van der Waals surface area contributed by atoms with Crippen LogP contribution in [0.25, 0.3) is 0 Å². The average molecular weight is 309 g/mol. The van der Waals surface area contributed by atoms with Gasteiger partial charge >= 0.3 is 0 Å². The molecule has 1 amide bonds. The highest BCUT2D eigenvalue weighted by Gasteiger charge is 2.34. The Morgan fingerprint density at radius 2 is 1.71 bits per heavy atom. The van der Waals surface area contributed by atoms with Gasteiger partial charge in [-0.1, -0.05) is 6.07 Å². The number of carbonyl (C=O) groups excluding carboxylic acids is 1. The zero-order valence-corrected chi connectivity index (χ0v) is 13.6. The first-order valence-corrected chi connectivity index (χ1v) is 7.72. The Morgan fingerprint density at radius 1 is 1.14 bits per heavy atom. The molecule has 4 heteroatoms. The Bertz CT molecular complexity index is 485. The van der Waals surface area contributed by atoms with Crippen LogP contribution in [0.15, 0.2) is 18.2 Å². The van der Waals surface area contributed by atoms with E-state index in [9.17, 15) is 4.79 Å². The van der Waals surface area contributed by atoms with Crippen molar-refractivity contribution in [3.05, 3.63) is 29.3 Å². The van der Waals surface area contributed by atoms with Crippen LogP contribution in [0.4, 0.5) is 5.69 Å². The molecule has 2 heterocycles. The molecule has 2 unspecified atom stereocenters. The average Bonchev–Trinajstić information content (AvgIpc) is 2.67. The second-order valence-corrected chi connectivity index (χ2v) is 6.60. The maximum atomic E-state index is 12.2. The molecule has 2 N–H and O–H groups in total. The van der Waals surface area contributed by atoms with Gasteiger partial charge in [-0.05, 0) is 68.7 Å². The van der Waals surface area contributed by atoms with Crippen LogP contribution in [0.3, 0.4) is 0 Å². The summed E-state index contributed by atoms with van der Waals surface area (Å²) in [6.45, 7) is 4.13. The maximum absolute atomic E-state index is 12.2. The van der Waals surface area contributed by atoms with E-state index >= 15 is 0 Å². The lowest BCUT2D eigenvalue weighted by Gasteiger charge is -2.28. The topological polar surface area (TPSA) is 41.1 Å². The number of rotatable bonds is 3. The molecule has 2 fully saturated rings. The van der Waals surface area contributed by atoms with Crippen LogP contribution in [0.1, 0.15) is 43.2 Å². The van der Waals surface area contributed by atoms with Gasteiger partial charge in [-0.2, -0.15) is 0 Å². The van der Waals surface area contributed by atoms with Gasteiger partial charge in [0.05, 0.1) is 0 Å². The van der Waals surface area contributed by atoms with E-state index in [0.29, 0.717) is 24.4 Å². The van der Waals surface area contributed by atoms with Gasteiger partial charge < -0.3 is 10.6 Å². The molecule has 3 nitrogen and oxygen atoms in total. The molecule has 0 aliphatic carbocycles. The van der Waals surface area contributed by atoms with Crippen molar-refractivity contribution in [1.82, 2.24) is 5.32 Å². The van der Waals surface area contributed by atoms with Crippen molar-refractivity contribution in [1.29, 1.82) is 0 Å². The van der Waals surface area contributed by atoms with Gasteiger partial charge in [0.1, 0.15) is 0 Å². The van der Waals surface area contributed by atoms with E-state index in [4.69, 9.17) is 0 Å². The number of benzene rings is 1. The minimum absolute atomic E-state index is 0. The first-order valence-electron chi connectivity index (χ1n) is 7.72. The van der Waals surface area contributed by atoms with Crippen molar-refractivity contribution in [2.24, 2.45) is 5.92 Å². The van der Waals surface area contributed by atoms with Crippen molar-refractivity contribution in [3.8, 4) is 0 Å². The van der Waals surface area contributed by atoms with Crippen molar-refractivity contribution < 1.29 is 4.79 Å². The lowest BCUT2D eigenvalue weighted by atomic mass is 9.89. The number of nitrogens with one attached hydrogen (secondary N) is 2. The second kappa shape index (κ2) is 6.80. The number of hydrogen-bond acceptors (Lipinski definition) is 2. The molecule has 1 aromatic carbocycles. The summed E-state index contributed by atoms with van der Waals surface area (Å²) in [5, 5.41) is 6.69. The van der Waals surface area contributed by atoms with Gasteiger partial charge in [-0.3, -0.25) is 4.79 Å². The molecule has 21 heavy (non-hydrogen) atoms. The Kier molecular flexibility index (Phi) is 5.28. The molecular formula is C17H25ClN2O. The molecular weight excluding hydrogens is 284 g/mol. The standard InChI is InChI=1S/C17H24N2O.ClH/c1-11-5-12(2)7-16(6-11)19-17(20)10-13-8-14-3-4-15(9-13)18-14;/h5-7,13-15,18H,3-4,8-10H2,1-2H3,(H,19,20);1H. The number of aryl methyl sites for hydroxylation is 2. The third kappa shape index (κ3) is 4.21. The maximum Gasteiger partial charge on any atom is 0.224 e. The second-order valence-electron chi connectivity index (χ2n) is 6.60. The van der Waals surface area contributed by atoms with Crippen molar-refractivity contribution in [2.45, 2.75) is 58.0 Å². The fourth-order valence-electron chi connectivity index (χ4n) is 3.86. The monoisotopic (exact) mass is 308 g/mol. The normalized spacial score (nSPS) is 27.0. The van der Waals surface area contributed by atoms with E-state index in [1.807, 2.05) is 12.1 Å². The fraction of sp³-hybridized carbons (Fsp3) is 0.588. The number of carbonyl (C=O) groups is 1. The highest BCUT2D eigenvalue weighted by Crippen LogP contribution is 2.32. The van der Waals surface area contributed by atoms with Gasteiger partial charge in [0.15, 0.2) is 0 Å². The Balaban J connectivity index is 0.00000161. The Morgan fingerprint density at radius 3 is 2.29 bits per heavy atom. The van der Waals surface area contributed by atoms with Gasteiger partial charge in [0.2, 0.25) is 5.91 Å². The summed E-state index contributed by atoms with van der Waals surface area (Å²) >= 11 is 0. The summed E-state index contributed by atoms with van der Waals surface area (Å²) in [4.78, 5) is 12.2. The van der Waals surface area contributed by atoms with Crippen LogP contribution < -0.4 is 10.6 Å². The van der Waals surface area contributed by atoms with Crippen molar-refractivity contribution >= 4 is 24.0 Å². The number of hydrogen-bond donors (Lipinski definition) is 2. The van der Waals surface area contributed by atoms with Crippen LogP contribution in [0, 0.1) is 19.8 Å². The van der Waals surface area contributed by atoms with E-state index in [0.717, 1.165) is 18.5 Å². The summed E-state index contributed by atoms with van der Waals surface area (Å²) in [7, 11) is 0. The van der Waals surface area contributed by atoms with E-state index in [2.05, 4.69) is 30.5 Å². The summed E-state index contributed by atoms with van der Waals surface area (Å²) in [5.74, 6) is 0.723. The molecule has 0 spiro atoms. The van der Waals surface area contributed by atoms with Crippen LogP contribution in [0.5, 0.6) is 0 Å². The summed E-state index contributed by atoms with van der Waals surface area (Å²) < 4.78 is 0. The Labute approximate surface area is 133 Å². The van der Waals surface area contributed by atoms with Crippen LogP contribution in [0.2, 0.25) is 0 Å². The third-order valence-corrected chi connectivity index (χ3v) is 4.55. The van der Waals surface area contributed by atoms with Crippen LogP contribution >= 0.6 is 12.4 Å². The molecule has 0 aromatic heterocycles. The molecule has 116 valence electrons. The molecule has 3 rings (SSSR count). The Hall–Kier alpha value is -1.06. The first-order chi connectivity index (χ1) is 9.58. The van der Waals surface area contributed by atoms with Gasteiger partial charge in [0, 0.05) is 24.2 Å². The van der Waals surface area contributed by atoms with Gasteiger partial charge in [-0.25, -0.2) is 0 Å². The van der Waals surface area contributed by atoms with Crippen LogP contribution in [-0.2, 0) is 4.79 Å². The first kappa shape index (κ1) is 16.3. The number of halogens is 1. The summed E-state index contributed by atoms with van der Waals surface area (Å²) in [6.07, 6.45) is 5.58. The molecule has 1 aromatic rings. The number of fused-ring (bicyclic) bond motifs is 2. The molecule has 2 aliphatic rings. The fourth-order valence-corrected chi connectivity index (χ4v) is 3.86. The number of amides is 1. The lowest BCUT2D eigenvalue weighted by Crippen LogP contribution is -2.39. The lowest BCUT2D eigenvalue weighted by molar-refractivity contribution is -0.117. The predicted molar refractivity (Wildman–Crippen MR) is 89.1 cm³/mol. The SMILES string of the molecule is Cc1cc(C)cc(NC(=O)CC2CC3CCC(C2)N3)c1.Cl. The van der Waals surface area contributed by atoms with Gasteiger partial charge in [-0.15, -0.1) is 12.4 Å². The zero-order valence-electron chi connectivity index (χ0n) is 12.8. The van der Waals surface area contributed by atoms with E-state index in [1.165, 1.54) is 24.0 Å². The largest absolute Gasteiger partial charge is 0.326 e. The molecule has 0 saturated carbocycles. The molecule has 2 aliphatic heterocycles. The summed E-state index contributed by atoms with van der Waals surface area (Å²) in [5.41, 5.74) is 3.32. The molecule has 2 bridgehead atoms. The molecule has 2 atom stereocenters. The number of piperidine rings is 1.